The molecule has 0 radical (unpaired) electrons. The molecule has 0 amide bonds. The van der Waals surface area contributed by atoms with Gasteiger partial charge in [-0.3, -0.25) is 0 Å². The zero-order chi connectivity index (χ0) is 16.9. The third-order valence-corrected chi connectivity index (χ3v) is 9.86. The summed E-state index contributed by atoms with van der Waals surface area (Å²) in [4.78, 5) is 0. The molecule has 0 bridgehead atoms. The first-order chi connectivity index (χ1) is 11.4. The topological polar surface area (TPSA) is 29.5 Å². The molecular formula is C20H28Cl2O2. The first-order valence-corrected chi connectivity index (χ1v) is 10.5. The fraction of sp³-hybridized carbons (Fsp3) is 0.900. The van der Waals surface area contributed by atoms with Crippen LogP contribution < -0.4 is 0 Å². The first kappa shape index (κ1) is 16.4. The second-order valence-electron chi connectivity index (χ2n) is 9.25. The monoisotopic (exact) mass is 370 g/mol. The Morgan fingerprint density at radius 3 is 2.58 bits per heavy atom. The van der Waals surface area contributed by atoms with Crippen molar-refractivity contribution in [3.63, 3.8) is 0 Å². The number of alkyl halides is 2. The van der Waals surface area contributed by atoms with Gasteiger partial charge < -0.3 is 9.84 Å². The van der Waals surface area contributed by atoms with Crippen LogP contribution in [0.3, 0.4) is 0 Å². The van der Waals surface area contributed by atoms with Crippen LogP contribution in [0.2, 0.25) is 0 Å². The van der Waals surface area contributed by atoms with Crippen LogP contribution in [0, 0.1) is 29.1 Å². The Balaban J connectivity index is 1.49. The lowest BCUT2D eigenvalue weighted by atomic mass is 9.54. The Bertz CT molecular complexity index is 615. The van der Waals surface area contributed by atoms with E-state index in [9.17, 15) is 5.11 Å². The van der Waals surface area contributed by atoms with Crippen molar-refractivity contribution in [2.45, 2.75) is 74.3 Å². The van der Waals surface area contributed by atoms with Crippen molar-refractivity contribution in [2.75, 3.05) is 7.11 Å². The standard InChI is InChI=1S/C20H28Cl2O2/c1-18-9-7-11-12-8-10-19(24-2)17(20(19,21)22)14(12)4-3-13(11)15(18)5-6-16(18)23/h11,13,15-17,23H,3-10H2,1-2H3/t11-,13-,15+,16+,17?,18+,19?/m1/s1. The SMILES string of the molecule is COC12CCC3=C(CC[C@@H]4[C@@H]3CC[C@]3(C)[C@@H](O)CC[C@@H]43)C1C2(Cl)Cl. The van der Waals surface area contributed by atoms with Crippen molar-refractivity contribution in [1.29, 1.82) is 0 Å². The Hall–Kier alpha value is 0.240. The molecule has 0 aliphatic heterocycles. The molecule has 0 aromatic carbocycles. The number of aliphatic hydroxyl groups is 1. The summed E-state index contributed by atoms with van der Waals surface area (Å²) in [5.74, 6) is 2.38. The molecule has 134 valence electrons. The number of hydrogen-bond acceptors (Lipinski definition) is 2. The minimum atomic E-state index is -0.724. The Kier molecular flexibility index (Phi) is 3.38. The molecule has 2 nitrogen and oxygen atoms in total. The number of aliphatic hydroxyl groups excluding tert-OH is 1. The van der Waals surface area contributed by atoms with Crippen molar-refractivity contribution in [1.82, 2.24) is 0 Å². The number of fused-ring (bicyclic) bond motifs is 6. The summed E-state index contributed by atoms with van der Waals surface area (Å²) in [5.41, 5.74) is 3.05. The fourth-order valence-electron chi connectivity index (χ4n) is 7.41. The molecule has 0 heterocycles. The van der Waals surface area contributed by atoms with Crippen LogP contribution >= 0.6 is 23.2 Å². The zero-order valence-corrected chi connectivity index (χ0v) is 16.2. The minimum absolute atomic E-state index is 0.0897. The number of rotatable bonds is 1. The smallest absolute Gasteiger partial charge is 0.157 e. The van der Waals surface area contributed by atoms with Gasteiger partial charge in [-0.05, 0) is 74.5 Å². The van der Waals surface area contributed by atoms with E-state index in [1.54, 1.807) is 12.7 Å². The summed E-state index contributed by atoms with van der Waals surface area (Å²) >= 11 is 13.3. The number of ether oxygens (including phenoxy) is 1. The highest BCUT2D eigenvalue weighted by atomic mass is 35.5. The largest absolute Gasteiger partial charge is 0.393 e. The van der Waals surface area contributed by atoms with E-state index < -0.39 is 4.33 Å². The van der Waals surface area contributed by atoms with Crippen LogP contribution in [-0.2, 0) is 4.74 Å². The van der Waals surface area contributed by atoms with E-state index in [1.165, 1.54) is 31.3 Å². The van der Waals surface area contributed by atoms with Gasteiger partial charge in [0.25, 0.3) is 0 Å². The van der Waals surface area contributed by atoms with Gasteiger partial charge in [0.15, 0.2) is 4.33 Å². The summed E-state index contributed by atoms with van der Waals surface area (Å²) in [6.07, 6.45) is 8.98. The van der Waals surface area contributed by atoms with Crippen LogP contribution in [0.15, 0.2) is 11.1 Å². The summed E-state index contributed by atoms with van der Waals surface area (Å²) in [5, 5.41) is 10.5. The molecule has 5 aliphatic rings. The van der Waals surface area contributed by atoms with Crippen molar-refractivity contribution in [3.8, 4) is 0 Å². The molecule has 3 fully saturated rings. The summed E-state index contributed by atoms with van der Waals surface area (Å²) < 4.78 is 5.10. The Morgan fingerprint density at radius 1 is 1.04 bits per heavy atom. The summed E-state index contributed by atoms with van der Waals surface area (Å²) in [6.45, 7) is 2.34. The highest BCUT2D eigenvalue weighted by Crippen LogP contribution is 2.74. The summed E-state index contributed by atoms with van der Waals surface area (Å²) in [6, 6.07) is 0. The van der Waals surface area contributed by atoms with Crippen molar-refractivity contribution in [3.05, 3.63) is 11.1 Å². The molecule has 0 aromatic heterocycles. The van der Waals surface area contributed by atoms with E-state index in [-0.39, 0.29) is 23.0 Å². The van der Waals surface area contributed by atoms with E-state index in [0.717, 1.165) is 31.6 Å². The average molecular weight is 371 g/mol. The molecule has 5 rings (SSSR count). The average Bonchev–Trinajstić information content (AvgIpc) is 2.92. The third kappa shape index (κ3) is 1.73. The van der Waals surface area contributed by atoms with Gasteiger partial charge in [0, 0.05) is 13.0 Å². The minimum Gasteiger partial charge on any atom is -0.393 e. The third-order valence-electron chi connectivity index (χ3n) is 8.78. The van der Waals surface area contributed by atoms with Crippen LogP contribution in [0.25, 0.3) is 0 Å². The van der Waals surface area contributed by atoms with Crippen molar-refractivity contribution >= 4 is 23.2 Å². The number of allylic oxidation sites excluding steroid dienone is 1. The Labute approximate surface area is 154 Å². The first-order valence-electron chi connectivity index (χ1n) is 9.69. The van der Waals surface area contributed by atoms with E-state index in [1.807, 2.05) is 0 Å². The molecule has 24 heavy (non-hydrogen) atoms. The van der Waals surface area contributed by atoms with Crippen LogP contribution in [-0.4, -0.2) is 28.3 Å². The lowest BCUT2D eigenvalue weighted by Crippen LogP contribution is -2.45. The van der Waals surface area contributed by atoms with Crippen LogP contribution in [0.1, 0.15) is 58.3 Å². The van der Waals surface area contributed by atoms with E-state index in [0.29, 0.717) is 11.8 Å². The highest BCUT2D eigenvalue weighted by Gasteiger charge is 2.79. The molecule has 0 saturated heterocycles. The molecule has 4 heteroatoms. The van der Waals surface area contributed by atoms with Gasteiger partial charge in [0.05, 0.1) is 6.10 Å². The number of methoxy groups -OCH3 is 1. The molecule has 0 spiro atoms. The van der Waals surface area contributed by atoms with Crippen molar-refractivity contribution < 1.29 is 9.84 Å². The molecule has 3 saturated carbocycles. The Morgan fingerprint density at radius 2 is 1.83 bits per heavy atom. The van der Waals surface area contributed by atoms with E-state index >= 15 is 0 Å². The maximum absolute atomic E-state index is 10.5. The number of hydrogen-bond donors (Lipinski definition) is 1. The van der Waals surface area contributed by atoms with Crippen molar-refractivity contribution in [2.24, 2.45) is 29.1 Å². The lowest BCUT2D eigenvalue weighted by Gasteiger charge is -2.51. The maximum atomic E-state index is 10.5. The lowest BCUT2D eigenvalue weighted by molar-refractivity contribution is -0.0335. The molecule has 0 aromatic rings. The van der Waals surface area contributed by atoms with Gasteiger partial charge in [-0.25, -0.2) is 0 Å². The van der Waals surface area contributed by atoms with E-state index in [4.69, 9.17) is 27.9 Å². The zero-order valence-electron chi connectivity index (χ0n) is 14.7. The predicted octanol–water partition coefficient (Wildman–Crippen LogP) is 4.86. The molecule has 5 aliphatic carbocycles. The van der Waals surface area contributed by atoms with Gasteiger partial charge in [-0.15, -0.1) is 0 Å². The van der Waals surface area contributed by atoms with Gasteiger partial charge in [-0.1, -0.05) is 41.3 Å². The maximum Gasteiger partial charge on any atom is 0.157 e. The quantitative estimate of drug-likeness (QED) is 0.527. The van der Waals surface area contributed by atoms with Crippen LogP contribution in [0.4, 0.5) is 0 Å². The normalized spacial score (nSPS) is 54.6. The number of halogens is 2. The molecule has 1 N–H and O–H groups in total. The molecule has 2 unspecified atom stereocenters. The second kappa shape index (κ2) is 4.94. The second-order valence-corrected chi connectivity index (χ2v) is 10.6. The predicted molar refractivity (Wildman–Crippen MR) is 96.2 cm³/mol. The van der Waals surface area contributed by atoms with Gasteiger partial charge >= 0.3 is 0 Å². The fourth-order valence-corrected chi connectivity index (χ4v) is 8.48. The highest BCUT2D eigenvalue weighted by molar-refractivity contribution is 6.52. The molecular weight excluding hydrogens is 343 g/mol. The van der Waals surface area contributed by atoms with E-state index in [2.05, 4.69) is 6.92 Å². The van der Waals surface area contributed by atoms with Gasteiger partial charge in [-0.2, -0.15) is 0 Å². The van der Waals surface area contributed by atoms with Gasteiger partial charge in [0.2, 0.25) is 0 Å². The molecule has 7 atom stereocenters. The van der Waals surface area contributed by atoms with Gasteiger partial charge in [0.1, 0.15) is 5.60 Å². The summed E-state index contributed by atoms with van der Waals surface area (Å²) in [7, 11) is 1.77. The van der Waals surface area contributed by atoms with Crippen LogP contribution in [0.5, 0.6) is 0 Å².